The number of nitrogens with zero attached hydrogens (tertiary/aromatic N) is 1. The molecule has 1 aromatic heterocycles. The molecule has 1 heterocycles. The van der Waals surface area contributed by atoms with Crippen LogP contribution in [-0.2, 0) is 6.42 Å². The lowest BCUT2D eigenvalue weighted by Gasteiger charge is -1.96. The van der Waals surface area contributed by atoms with Crippen molar-refractivity contribution in [2.45, 2.75) is 26.2 Å². The van der Waals surface area contributed by atoms with E-state index in [1.54, 1.807) is 11.3 Å². The molecule has 0 saturated heterocycles. The maximum absolute atomic E-state index is 5.41. The Hall–Kier alpha value is -0.120. The molecule has 0 atom stereocenters. The SMILES string of the molecule is CC(C)c1csc(CCN)n1.Cl. The Kier molecular flexibility index (Phi) is 5.46. The van der Waals surface area contributed by atoms with Gasteiger partial charge in [0.2, 0.25) is 0 Å². The highest BCUT2D eigenvalue weighted by atomic mass is 35.5. The molecule has 70 valence electrons. The molecule has 1 rings (SSSR count). The average molecular weight is 207 g/mol. The van der Waals surface area contributed by atoms with Crippen molar-refractivity contribution in [2.24, 2.45) is 5.73 Å². The van der Waals surface area contributed by atoms with Gasteiger partial charge in [0.25, 0.3) is 0 Å². The van der Waals surface area contributed by atoms with E-state index in [0.29, 0.717) is 12.5 Å². The summed E-state index contributed by atoms with van der Waals surface area (Å²) in [4.78, 5) is 4.44. The van der Waals surface area contributed by atoms with Crippen LogP contribution in [0, 0.1) is 0 Å². The zero-order chi connectivity index (χ0) is 8.27. The summed E-state index contributed by atoms with van der Waals surface area (Å²) in [5.41, 5.74) is 6.61. The van der Waals surface area contributed by atoms with Gasteiger partial charge in [-0.25, -0.2) is 4.98 Å². The van der Waals surface area contributed by atoms with Crippen molar-refractivity contribution in [3.05, 3.63) is 16.1 Å². The summed E-state index contributed by atoms with van der Waals surface area (Å²) in [6, 6.07) is 0. The maximum Gasteiger partial charge on any atom is 0.0940 e. The van der Waals surface area contributed by atoms with Gasteiger partial charge in [0.05, 0.1) is 10.7 Å². The third kappa shape index (κ3) is 3.09. The summed E-state index contributed by atoms with van der Waals surface area (Å²) in [5.74, 6) is 0.540. The molecule has 12 heavy (non-hydrogen) atoms. The van der Waals surface area contributed by atoms with Crippen LogP contribution in [0.4, 0.5) is 0 Å². The number of aromatic nitrogens is 1. The van der Waals surface area contributed by atoms with Crippen LogP contribution in [0.1, 0.15) is 30.5 Å². The van der Waals surface area contributed by atoms with Crippen molar-refractivity contribution in [1.29, 1.82) is 0 Å². The average Bonchev–Trinajstić information content (AvgIpc) is 2.37. The van der Waals surface area contributed by atoms with E-state index < -0.39 is 0 Å². The fourth-order valence-electron chi connectivity index (χ4n) is 0.829. The predicted octanol–water partition coefficient (Wildman–Crippen LogP) is 2.19. The van der Waals surface area contributed by atoms with Crippen LogP contribution < -0.4 is 5.73 Å². The summed E-state index contributed by atoms with van der Waals surface area (Å²) in [5, 5.41) is 3.28. The van der Waals surface area contributed by atoms with Gasteiger partial charge in [0.15, 0.2) is 0 Å². The van der Waals surface area contributed by atoms with Gasteiger partial charge in [-0.3, -0.25) is 0 Å². The lowest BCUT2D eigenvalue weighted by molar-refractivity contribution is 0.818. The molecule has 0 saturated carbocycles. The Morgan fingerprint density at radius 2 is 2.25 bits per heavy atom. The molecule has 2 N–H and O–H groups in total. The van der Waals surface area contributed by atoms with Crippen LogP contribution in [0.3, 0.4) is 0 Å². The van der Waals surface area contributed by atoms with Gasteiger partial charge < -0.3 is 5.73 Å². The first-order valence-electron chi connectivity index (χ1n) is 3.88. The first-order valence-corrected chi connectivity index (χ1v) is 4.76. The number of nitrogens with two attached hydrogens (primary N) is 1. The van der Waals surface area contributed by atoms with E-state index in [2.05, 4.69) is 24.2 Å². The number of hydrogen-bond acceptors (Lipinski definition) is 3. The highest BCUT2D eigenvalue weighted by molar-refractivity contribution is 7.09. The number of rotatable bonds is 3. The van der Waals surface area contributed by atoms with Crippen molar-refractivity contribution in [3.8, 4) is 0 Å². The van der Waals surface area contributed by atoms with E-state index in [-0.39, 0.29) is 12.4 Å². The summed E-state index contributed by atoms with van der Waals surface area (Å²) < 4.78 is 0. The summed E-state index contributed by atoms with van der Waals surface area (Å²) >= 11 is 1.71. The molecule has 4 heteroatoms. The van der Waals surface area contributed by atoms with E-state index in [4.69, 9.17) is 5.73 Å². The Balaban J connectivity index is 0.00000121. The van der Waals surface area contributed by atoms with Gasteiger partial charge in [-0.05, 0) is 12.5 Å². The van der Waals surface area contributed by atoms with Crippen LogP contribution >= 0.6 is 23.7 Å². The Labute approximate surface area is 83.6 Å². The second-order valence-corrected chi connectivity index (χ2v) is 3.80. The van der Waals surface area contributed by atoms with Crippen LogP contribution in [-0.4, -0.2) is 11.5 Å². The van der Waals surface area contributed by atoms with E-state index in [0.717, 1.165) is 11.4 Å². The van der Waals surface area contributed by atoms with Crippen molar-refractivity contribution >= 4 is 23.7 Å². The molecule has 0 spiro atoms. The van der Waals surface area contributed by atoms with Crippen molar-refractivity contribution < 1.29 is 0 Å². The second kappa shape index (κ2) is 5.51. The van der Waals surface area contributed by atoms with Gasteiger partial charge in [0.1, 0.15) is 0 Å². The molecule has 0 bridgehead atoms. The molecule has 2 nitrogen and oxygen atoms in total. The number of thiazole rings is 1. The minimum Gasteiger partial charge on any atom is -0.330 e. The summed E-state index contributed by atoms with van der Waals surface area (Å²) in [6.07, 6.45) is 0.914. The Bertz CT molecular complexity index is 223. The quantitative estimate of drug-likeness (QED) is 0.824. The second-order valence-electron chi connectivity index (χ2n) is 2.86. The minimum absolute atomic E-state index is 0. The standard InChI is InChI=1S/C8H14N2S.ClH/c1-6(2)7-5-11-8(10-7)3-4-9;/h5-6H,3-4,9H2,1-2H3;1H. The van der Waals surface area contributed by atoms with Crippen molar-refractivity contribution in [3.63, 3.8) is 0 Å². The van der Waals surface area contributed by atoms with Gasteiger partial charge in [-0.15, -0.1) is 23.7 Å². The first-order chi connectivity index (χ1) is 5.24. The highest BCUT2D eigenvalue weighted by Gasteiger charge is 2.03. The largest absolute Gasteiger partial charge is 0.330 e. The zero-order valence-electron chi connectivity index (χ0n) is 7.41. The molecule has 0 unspecified atom stereocenters. The fourth-order valence-corrected chi connectivity index (χ4v) is 1.80. The van der Waals surface area contributed by atoms with Crippen LogP contribution in [0.5, 0.6) is 0 Å². The summed E-state index contributed by atoms with van der Waals surface area (Å²) in [7, 11) is 0. The lowest BCUT2D eigenvalue weighted by atomic mass is 10.2. The van der Waals surface area contributed by atoms with Crippen molar-refractivity contribution in [2.75, 3.05) is 6.54 Å². The third-order valence-corrected chi connectivity index (χ3v) is 2.45. The molecule has 0 aliphatic heterocycles. The smallest absolute Gasteiger partial charge is 0.0940 e. The Morgan fingerprint density at radius 3 is 2.67 bits per heavy atom. The molecule has 0 amide bonds. The molecule has 0 aliphatic carbocycles. The van der Waals surface area contributed by atoms with Gasteiger partial charge in [0, 0.05) is 11.8 Å². The van der Waals surface area contributed by atoms with E-state index >= 15 is 0 Å². The van der Waals surface area contributed by atoms with Gasteiger partial charge >= 0.3 is 0 Å². The van der Waals surface area contributed by atoms with Crippen LogP contribution in [0.25, 0.3) is 0 Å². The van der Waals surface area contributed by atoms with Crippen LogP contribution in [0.2, 0.25) is 0 Å². The maximum atomic E-state index is 5.41. The lowest BCUT2D eigenvalue weighted by Crippen LogP contribution is -2.02. The topological polar surface area (TPSA) is 38.9 Å². The summed E-state index contributed by atoms with van der Waals surface area (Å²) in [6.45, 7) is 5.01. The van der Waals surface area contributed by atoms with E-state index in [1.165, 1.54) is 5.69 Å². The fraction of sp³-hybridized carbons (Fsp3) is 0.625. The monoisotopic (exact) mass is 206 g/mol. The zero-order valence-corrected chi connectivity index (χ0v) is 9.04. The molecule has 0 fully saturated rings. The van der Waals surface area contributed by atoms with E-state index in [1.807, 2.05) is 0 Å². The molecular formula is C8H15ClN2S. The number of hydrogen-bond donors (Lipinski definition) is 1. The molecule has 1 aromatic rings. The highest BCUT2D eigenvalue weighted by Crippen LogP contribution is 2.17. The molecule has 0 aliphatic rings. The normalized spacial score (nSPS) is 10.0. The van der Waals surface area contributed by atoms with Crippen LogP contribution in [0.15, 0.2) is 5.38 Å². The molecular weight excluding hydrogens is 192 g/mol. The van der Waals surface area contributed by atoms with Gasteiger partial charge in [-0.1, -0.05) is 13.8 Å². The van der Waals surface area contributed by atoms with Gasteiger partial charge in [-0.2, -0.15) is 0 Å². The minimum atomic E-state index is 0. The van der Waals surface area contributed by atoms with Crippen molar-refractivity contribution in [1.82, 2.24) is 4.98 Å². The number of halogens is 1. The first kappa shape index (κ1) is 11.9. The molecule has 0 aromatic carbocycles. The third-order valence-electron chi connectivity index (χ3n) is 1.52. The molecule has 0 radical (unpaired) electrons. The van der Waals surface area contributed by atoms with E-state index in [9.17, 15) is 0 Å². The Morgan fingerprint density at radius 1 is 1.58 bits per heavy atom. The predicted molar refractivity (Wildman–Crippen MR) is 56.2 cm³/mol.